The van der Waals surface area contributed by atoms with Crippen molar-refractivity contribution in [3.8, 4) is 0 Å². The summed E-state index contributed by atoms with van der Waals surface area (Å²) in [7, 11) is 0. The van der Waals surface area contributed by atoms with Crippen LogP contribution in [0.2, 0.25) is 0 Å². The summed E-state index contributed by atoms with van der Waals surface area (Å²) in [5, 5.41) is 33.1. The Bertz CT molecular complexity index is 810. The number of hydrogen-bond donors (Lipinski definition) is 3. The van der Waals surface area contributed by atoms with Gasteiger partial charge in [0.2, 0.25) is 5.79 Å². The zero-order chi connectivity index (χ0) is 24.0. The van der Waals surface area contributed by atoms with Gasteiger partial charge in [-0.05, 0) is 47.6 Å². The van der Waals surface area contributed by atoms with Crippen LogP contribution in [0.1, 0.15) is 48.0 Å². The van der Waals surface area contributed by atoms with Crippen molar-refractivity contribution < 1.29 is 53.2 Å². The second kappa shape index (κ2) is 7.57. The molecule has 5 aliphatic heterocycles. The van der Waals surface area contributed by atoms with E-state index in [0.717, 1.165) is 0 Å². The van der Waals surface area contributed by atoms with Gasteiger partial charge in [-0.15, -0.1) is 0 Å². The van der Waals surface area contributed by atoms with E-state index in [0.29, 0.717) is 5.76 Å². The molecule has 11 heteroatoms. The SMILES string of the molecule is CC1(C)OC2O[C@](O)(C(O)CC3=C[C@@H](O)[C@@H]([C@H]4COC(C)(C)O4)O3)[C@H]3OC(C)(C)O[C@H]3[C@@H]2O1. The van der Waals surface area contributed by atoms with Gasteiger partial charge < -0.3 is 53.2 Å². The fourth-order valence-electron chi connectivity index (χ4n) is 5.14. The largest absolute Gasteiger partial charge is 0.489 e. The van der Waals surface area contributed by atoms with Gasteiger partial charge in [-0.1, -0.05) is 0 Å². The Labute approximate surface area is 192 Å². The number of aliphatic hydroxyl groups excluding tert-OH is 2. The lowest BCUT2D eigenvalue weighted by Crippen LogP contribution is -2.67. The fourth-order valence-corrected chi connectivity index (χ4v) is 5.14. The standard InChI is InChI=1S/C22H34O11/c1-19(2)26-9-12(28-19)14-11(23)7-10(27-14)8-13(24)22(25)17-15(29-20(3,4)31-17)16-18(33-22)32-21(5,6)30-16/h7,11-18,23-25H,8-9H2,1-6H3/t11-,12-,13?,14+,15+,16+,17+,18?,22-/m1/s1. The van der Waals surface area contributed by atoms with Gasteiger partial charge in [0.1, 0.15) is 36.6 Å². The molecule has 5 rings (SSSR count). The van der Waals surface area contributed by atoms with Crippen molar-refractivity contribution in [1.82, 2.24) is 0 Å². The van der Waals surface area contributed by atoms with Crippen LogP contribution < -0.4 is 0 Å². The first-order valence-electron chi connectivity index (χ1n) is 11.3. The Morgan fingerprint density at radius 2 is 1.55 bits per heavy atom. The van der Waals surface area contributed by atoms with Crippen molar-refractivity contribution in [3.63, 3.8) is 0 Å². The maximum Gasteiger partial charge on any atom is 0.224 e. The van der Waals surface area contributed by atoms with E-state index < -0.39 is 72.2 Å². The molecule has 0 bridgehead atoms. The van der Waals surface area contributed by atoms with E-state index in [-0.39, 0.29) is 13.0 Å². The first kappa shape index (κ1) is 23.9. The van der Waals surface area contributed by atoms with Crippen molar-refractivity contribution in [3.05, 3.63) is 11.8 Å². The molecule has 5 aliphatic rings. The van der Waals surface area contributed by atoms with Crippen molar-refractivity contribution in [2.24, 2.45) is 0 Å². The maximum absolute atomic E-state index is 11.5. The topological polar surface area (TPSA) is 135 Å². The molecule has 0 aromatic rings. The summed E-state index contributed by atoms with van der Waals surface area (Å²) in [6.45, 7) is 10.7. The van der Waals surface area contributed by atoms with Crippen molar-refractivity contribution in [1.29, 1.82) is 0 Å². The van der Waals surface area contributed by atoms with Crippen LogP contribution in [0.4, 0.5) is 0 Å². The van der Waals surface area contributed by atoms with Gasteiger partial charge in [-0.2, -0.15) is 0 Å². The average Bonchev–Trinajstić information content (AvgIpc) is 3.38. The monoisotopic (exact) mass is 474 g/mol. The highest BCUT2D eigenvalue weighted by molar-refractivity contribution is 5.13. The maximum atomic E-state index is 11.5. The third-order valence-electron chi connectivity index (χ3n) is 6.50. The van der Waals surface area contributed by atoms with Crippen LogP contribution in [-0.4, -0.2) is 94.1 Å². The molecule has 0 aromatic heterocycles. The summed E-state index contributed by atoms with van der Waals surface area (Å²) in [4.78, 5) is 0. The molecular weight excluding hydrogens is 440 g/mol. The van der Waals surface area contributed by atoms with Gasteiger partial charge in [0.05, 0.1) is 12.4 Å². The Hall–Kier alpha value is -0.860. The lowest BCUT2D eigenvalue weighted by atomic mass is 9.90. The Kier molecular flexibility index (Phi) is 5.47. The lowest BCUT2D eigenvalue weighted by Gasteiger charge is -2.45. The molecule has 4 saturated heterocycles. The fraction of sp³-hybridized carbons (Fsp3) is 0.909. The molecular formula is C22H34O11. The van der Waals surface area contributed by atoms with E-state index in [1.807, 2.05) is 0 Å². The molecule has 2 unspecified atom stereocenters. The lowest BCUT2D eigenvalue weighted by molar-refractivity contribution is -0.379. The summed E-state index contributed by atoms with van der Waals surface area (Å²) in [5.41, 5.74) is 0. The van der Waals surface area contributed by atoms with Gasteiger partial charge in [-0.3, -0.25) is 0 Å². The summed E-state index contributed by atoms with van der Waals surface area (Å²) in [6.07, 6.45) is -5.64. The average molecular weight is 475 g/mol. The highest BCUT2D eigenvalue weighted by Crippen LogP contribution is 2.48. The predicted molar refractivity (Wildman–Crippen MR) is 108 cm³/mol. The van der Waals surface area contributed by atoms with E-state index in [4.69, 9.17) is 37.9 Å². The van der Waals surface area contributed by atoms with E-state index in [2.05, 4.69) is 0 Å². The van der Waals surface area contributed by atoms with E-state index >= 15 is 0 Å². The molecule has 11 nitrogen and oxygen atoms in total. The first-order valence-corrected chi connectivity index (χ1v) is 11.3. The van der Waals surface area contributed by atoms with Crippen LogP contribution in [0.25, 0.3) is 0 Å². The quantitative estimate of drug-likeness (QED) is 0.517. The molecule has 0 amide bonds. The number of hydrogen-bond acceptors (Lipinski definition) is 11. The Balaban J connectivity index is 1.31. The Morgan fingerprint density at radius 3 is 2.21 bits per heavy atom. The van der Waals surface area contributed by atoms with E-state index in [1.54, 1.807) is 41.5 Å². The van der Waals surface area contributed by atoms with Crippen LogP contribution in [0.5, 0.6) is 0 Å². The zero-order valence-electron chi connectivity index (χ0n) is 19.7. The minimum atomic E-state index is -2.18. The van der Waals surface area contributed by atoms with Crippen LogP contribution in [0.3, 0.4) is 0 Å². The van der Waals surface area contributed by atoms with Gasteiger partial charge in [0.25, 0.3) is 0 Å². The summed E-state index contributed by atoms with van der Waals surface area (Å²) in [6, 6.07) is 0. The molecule has 0 radical (unpaired) electrons. The number of fused-ring (bicyclic) bond motifs is 3. The number of rotatable bonds is 4. The molecule has 33 heavy (non-hydrogen) atoms. The summed E-state index contributed by atoms with van der Waals surface area (Å²) in [5.74, 6) is -4.64. The third kappa shape index (κ3) is 4.22. The van der Waals surface area contributed by atoms with Gasteiger partial charge in [-0.25, -0.2) is 0 Å². The van der Waals surface area contributed by atoms with Gasteiger partial charge >= 0.3 is 0 Å². The highest BCUT2D eigenvalue weighted by atomic mass is 16.9. The number of ether oxygens (including phenoxy) is 8. The van der Waals surface area contributed by atoms with E-state index in [9.17, 15) is 15.3 Å². The number of aliphatic hydroxyl groups is 3. The zero-order valence-corrected chi connectivity index (χ0v) is 19.7. The minimum absolute atomic E-state index is 0.143. The molecule has 0 aliphatic carbocycles. The Morgan fingerprint density at radius 1 is 0.879 bits per heavy atom. The summed E-state index contributed by atoms with van der Waals surface area (Å²) < 4.78 is 46.8. The van der Waals surface area contributed by atoms with Crippen LogP contribution >= 0.6 is 0 Å². The molecule has 0 aromatic carbocycles. The van der Waals surface area contributed by atoms with Crippen LogP contribution in [-0.2, 0) is 37.9 Å². The normalized spacial score (nSPS) is 48.2. The van der Waals surface area contributed by atoms with Gasteiger partial charge in [0, 0.05) is 6.42 Å². The molecule has 3 N–H and O–H groups in total. The molecule has 188 valence electrons. The molecule has 0 spiro atoms. The summed E-state index contributed by atoms with van der Waals surface area (Å²) >= 11 is 0. The predicted octanol–water partition coefficient (Wildman–Crippen LogP) is 0.249. The molecule has 5 heterocycles. The molecule has 0 saturated carbocycles. The van der Waals surface area contributed by atoms with Crippen LogP contribution in [0.15, 0.2) is 11.8 Å². The second-order valence-electron chi connectivity index (χ2n) is 10.7. The van der Waals surface area contributed by atoms with Crippen molar-refractivity contribution in [2.45, 2.75) is 120 Å². The van der Waals surface area contributed by atoms with Crippen molar-refractivity contribution >= 4 is 0 Å². The smallest absolute Gasteiger partial charge is 0.224 e. The van der Waals surface area contributed by atoms with E-state index in [1.165, 1.54) is 6.08 Å². The molecule has 9 atom stereocenters. The second-order valence-corrected chi connectivity index (χ2v) is 10.7. The highest BCUT2D eigenvalue weighted by Gasteiger charge is 2.68. The minimum Gasteiger partial charge on any atom is -0.489 e. The molecule has 4 fully saturated rings. The van der Waals surface area contributed by atoms with Crippen LogP contribution in [0, 0.1) is 0 Å². The third-order valence-corrected chi connectivity index (χ3v) is 6.50. The first-order chi connectivity index (χ1) is 15.2. The van der Waals surface area contributed by atoms with Crippen molar-refractivity contribution in [2.75, 3.05) is 6.61 Å². The van der Waals surface area contributed by atoms with Gasteiger partial charge in [0.15, 0.2) is 29.8 Å².